The summed E-state index contributed by atoms with van der Waals surface area (Å²) < 4.78 is 17.6. The van der Waals surface area contributed by atoms with Crippen LogP contribution in [0.4, 0.5) is 10.1 Å². The molecule has 0 saturated heterocycles. The lowest BCUT2D eigenvalue weighted by Gasteiger charge is -2.24. The molecule has 0 aliphatic carbocycles. The van der Waals surface area contributed by atoms with Crippen LogP contribution in [0.15, 0.2) is 18.2 Å². The Kier molecular flexibility index (Phi) is 2.58. The van der Waals surface area contributed by atoms with Crippen molar-refractivity contribution in [1.82, 2.24) is 0 Å². The second kappa shape index (κ2) is 3.88. The summed E-state index contributed by atoms with van der Waals surface area (Å²) in [6, 6.07) is 4.22. The third-order valence-corrected chi connectivity index (χ3v) is 2.59. The summed E-state index contributed by atoms with van der Waals surface area (Å²) in [5, 5.41) is 3.03. The molecule has 0 saturated carbocycles. The van der Waals surface area contributed by atoms with E-state index in [1.54, 1.807) is 6.07 Å². The van der Waals surface area contributed by atoms with Gasteiger partial charge in [-0.05, 0) is 36.6 Å². The van der Waals surface area contributed by atoms with Crippen molar-refractivity contribution in [2.75, 3.05) is 12.4 Å². The first-order valence-corrected chi connectivity index (χ1v) is 4.83. The fourth-order valence-electron chi connectivity index (χ4n) is 1.79. The number of anilines is 1. The molecule has 0 bridgehead atoms. The van der Waals surface area contributed by atoms with Crippen LogP contribution in [0.5, 0.6) is 0 Å². The van der Waals surface area contributed by atoms with Gasteiger partial charge in [0.15, 0.2) is 0 Å². The van der Waals surface area contributed by atoms with Crippen LogP contribution in [0.2, 0.25) is 0 Å². The summed E-state index contributed by atoms with van der Waals surface area (Å²) in [5.41, 5.74) is 1.73. The molecular formula is C11H12FNO2. The van der Waals surface area contributed by atoms with Gasteiger partial charge in [0.05, 0.1) is 7.11 Å². The Hall–Kier alpha value is -1.58. The highest BCUT2D eigenvalue weighted by Gasteiger charge is 2.24. The number of esters is 1. The molecule has 0 spiro atoms. The number of halogens is 1. The minimum atomic E-state index is -0.312. The number of carbonyl (C=O) groups excluding carboxylic acids is 1. The van der Waals surface area contributed by atoms with Crippen LogP contribution in [-0.4, -0.2) is 19.1 Å². The third-order valence-electron chi connectivity index (χ3n) is 2.59. The van der Waals surface area contributed by atoms with Crippen molar-refractivity contribution in [2.45, 2.75) is 18.9 Å². The van der Waals surface area contributed by atoms with E-state index < -0.39 is 0 Å². The fraction of sp³-hybridized carbons (Fsp3) is 0.364. The summed E-state index contributed by atoms with van der Waals surface area (Å²) in [6.07, 6.45) is 1.34. The Balaban J connectivity index is 2.20. The molecule has 1 atom stereocenters. The highest BCUT2D eigenvalue weighted by molar-refractivity contribution is 5.80. The molecule has 2 rings (SSSR count). The molecule has 0 radical (unpaired) electrons. The highest BCUT2D eigenvalue weighted by atomic mass is 19.1. The molecule has 0 fully saturated rings. The standard InChI is InChI=1S/C11H12FNO2/c1-15-11(14)10-4-2-7-6-8(12)3-5-9(7)13-10/h3,5-6,10,13H,2,4H2,1H3/t10-/m1/s1. The zero-order valence-corrected chi connectivity index (χ0v) is 8.42. The molecule has 3 nitrogen and oxygen atoms in total. The molecular weight excluding hydrogens is 197 g/mol. The normalized spacial score (nSPS) is 18.9. The van der Waals surface area contributed by atoms with Gasteiger partial charge < -0.3 is 10.1 Å². The second-order valence-electron chi connectivity index (χ2n) is 3.56. The van der Waals surface area contributed by atoms with Crippen LogP contribution in [0.1, 0.15) is 12.0 Å². The van der Waals surface area contributed by atoms with Gasteiger partial charge in [0, 0.05) is 5.69 Å². The molecule has 1 aromatic carbocycles. The molecule has 4 heteroatoms. The van der Waals surface area contributed by atoms with Crippen molar-refractivity contribution in [2.24, 2.45) is 0 Å². The highest BCUT2D eigenvalue weighted by Crippen LogP contribution is 2.25. The molecule has 1 aromatic rings. The molecule has 0 amide bonds. The van der Waals surface area contributed by atoms with Gasteiger partial charge in [-0.15, -0.1) is 0 Å². The molecule has 1 aliphatic heterocycles. The number of hydrogen-bond donors (Lipinski definition) is 1. The molecule has 0 aromatic heterocycles. The SMILES string of the molecule is COC(=O)[C@H]1CCc2cc(F)ccc2N1. The smallest absolute Gasteiger partial charge is 0.328 e. The molecule has 0 unspecified atom stereocenters. The van der Waals surface area contributed by atoms with Crippen molar-refractivity contribution < 1.29 is 13.9 Å². The molecule has 1 N–H and O–H groups in total. The van der Waals surface area contributed by atoms with E-state index in [4.69, 9.17) is 0 Å². The van der Waals surface area contributed by atoms with Crippen molar-refractivity contribution in [1.29, 1.82) is 0 Å². The van der Waals surface area contributed by atoms with Gasteiger partial charge in [-0.25, -0.2) is 9.18 Å². The first-order valence-electron chi connectivity index (χ1n) is 4.83. The monoisotopic (exact) mass is 209 g/mol. The largest absolute Gasteiger partial charge is 0.467 e. The molecule has 80 valence electrons. The number of fused-ring (bicyclic) bond motifs is 1. The number of rotatable bonds is 1. The van der Waals surface area contributed by atoms with E-state index >= 15 is 0 Å². The van der Waals surface area contributed by atoms with E-state index in [1.807, 2.05) is 0 Å². The maximum absolute atomic E-state index is 12.9. The van der Waals surface area contributed by atoms with E-state index in [1.165, 1.54) is 19.2 Å². The van der Waals surface area contributed by atoms with Gasteiger partial charge in [0.2, 0.25) is 0 Å². The van der Waals surface area contributed by atoms with Gasteiger partial charge in [0.25, 0.3) is 0 Å². The minimum absolute atomic E-state index is 0.243. The lowest BCUT2D eigenvalue weighted by Crippen LogP contribution is -2.34. The van der Waals surface area contributed by atoms with Crippen LogP contribution in [0.3, 0.4) is 0 Å². The predicted octanol–water partition coefficient (Wildman–Crippen LogP) is 1.73. The number of carbonyl (C=O) groups is 1. The Morgan fingerprint density at radius 3 is 3.13 bits per heavy atom. The summed E-state index contributed by atoms with van der Waals surface area (Å²) in [4.78, 5) is 11.3. The average Bonchev–Trinajstić information content (AvgIpc) is 2.27. The Labute approximate surface area is 87.2 Å². The number of methoxy groups -OCH3 is 1. The van der Waals surface area contributed by atoms with E-state index in [0.717, 1.165) is 11.3 Å². The van der Waals surface area contributed by atoms with E-state index in [9.17, 15) is 9.18 Å². The van der Waals surface area contributed by atoms with Crippen LogP contribution >= 0.6 is 0 Å². The fourth-order valence-corrected chi connectivity index (χ4v) is 1.79. The lowest BCUT2D eigenvalue weighted by atomic mass is 9.98. The first-order chi connectivity index (χ1) is 7.20. The quantitative estimate of drug-likeness (QED) is 0.716. The topological polar surface area (TPSA) is 38.3 Å². The zero-order valence-electron chi connectivity index (χ0n) is 8.42. The van der Waals surface area contributed by atoms with E-state index in [2.05, 4.69) is 10.1 Å². The predicted molar refractivity (Wildman–Crippen MR) is 54.1 cm³/mol. The summed E-state index contributed by atoms with van der Waals surface area (Å²) in [6.45, 7) is 0. The van der Waals surface area contributed by atoms with Gasteiger partial charge >= 0.3 is 5.97 Å². The van der Waals surface area contributed by atoms with Crippen molar-refractivity contribution in [3.63, 3.8) is 0 Å². The minimum Gasteiger partial charge on any atom is -0.467 e. The van der Waals surface area contributed by atoms with Gasteiger partial charge in [-0.3, -0.25) is 0 Å². The second-order valence-corrected chi connectivity index (χ2v) is 3.56. The average molecular weight is 209 g/mol. The molecule has 1 heterocycles. The van der Waals surface area contributed by atoms with Crippen LogP contribution < -0.4 is 5.32 Å². The van der Waals surface area contributed by atoms with Crippen molar-refractivity contribution in [3.8, 4) is 0 Å². The lowest BCUT2D eigenvalue weighted by molar-refractivity contribution is -0.141. The number of benzene rings is 1. The van der Waals surface area contributed by atoms with Crippen molar-refractivity contribution in [3.05, 3.63) is 29.6 Å². The van der Waals surface area contributed by atoms with Crippen LogP contribution in [-0.2, 0) is 16.0 Å². The number of nitrogens with one attached hydrogen (secondary N) is 1. The number of aryl methyl sites for hydroxylation is 1. The zero-order chi connectivity index (χ0) is 10.8. The van der Waals surface area contributed by atoms with E-state index in [0.29, 0.717) is 12.8 Å². The Morgan fingerprint density at radius 2 is 2.40 bits per heavy atom. The van der Waals surface area contributed by atoms with Crippen LogP contribution in [0.25, 0.3) is 0 Å². The van der Waals surface area contributed by atoms with Gasteiger partial charge in [0.1, 0.15) is 11.9 Å². The number of ether oxygens (including phenoxy) is 1. The first kappa shape index (κ1) is 9.96. The van der Waals surface area contributed by atoms with Gasteiger partial charge in [-0.2, -0.15) is 0 Å². The third kappa shape index (κ3) is 1.93. The maximum Gasteiger partial charge on any atom is 0.328 e. The summed E-state index contributed by atoms with van der Waals surface area (Å²) in [7, 11) is 1.37. The maximum atomic E-state index is 12.9. The van der Waals surface area contributed by atoms with Crippen LogP contribution in [0, 0.1) is 5.82 Å². The summed E-state index contributed by atoms with van der Waals surface area (Å²) >= 11 is 0. The summed E-state index contributed by atoms with van der Waals surface area (Å²) in [5.74, 6) is -0.517. The number of hydrogen-bond acceptors (Lipinski definition) is 3. The van der Waals surface area contributed by atoms with Crippen molar-refractivity contribution >= 4 is 11.7 Å². The Bertz CT molecular complexity index is 392. The Morgan fingerprint density at radius 1 is 1.60 bits per heavy atom. The molecule has 1 aliphatic rings. The molecule has 15 heavy (non-hydrogen) atoms. The van der Waals surface area contributed by atoms with Gasteiger partial charge in [-0.1, -0.05) is 0 Å². The van der Waals surface area contributed by atoms with E-state index in [-0.39, 0.29) is 17.8 Å².